The Morgan fingerprint density at radius 2 is 2.10 bits per heavy atom. The Hall–Kier alpha value is -0.930. The van der Waals surface area contributed by atoms with E-state index in [2.05, 4.69) is 24.1 Å². The zero-order valence-electron chi connectivity index (χ0n) is 13.4. The van der Waals surface area contributed by atoms with Crippen LogP contribution >= 0.6 is 0 Å². The first-order valence-electron chi connectivity index (χ1n) is 8.44. The van der Waals surface area contributed by atoms with E-state index in [1.54, 1.807) is 12.1 Å². The van der Waals surface area contributed by atoms with Crippen molar-refractivity contribution in [3.05, 3.63) is 35.6 Å². The summed E-state index contributed by atoms with van der Waals surface area (Å²) in [6.45, 7) is 7.44. The molecular formula is C18H29FN2. The summed E-state index contributed by atoms with van der Waals surface area (Å²) in [6.07, 6.45) is 6.25. The van der Waals surface area contributed by atoms with Crippen LogP contribution in [0.3, 0.4) is 0 Å². The van der Waals surface area contributed by atoms with E-state index in [1.807, 2.05) is 12.1 Å². The molecule has 0 saturated carbocycles. The van der Waals surface area contributed by atoms with Gasteiger partial charge in [0.1, 0.15) is 5.82 Å². The molecule has 0 aromatic heterocycles. The minimum Gasteiger partial charge on any atom is -0.309 e. The van der Waals surface area contributed by atoms with Crippen LogP contribution in [0.1, 0.15) is 57.6 Å². The third kappa shape index (κ3) is 4.79. The van der Waals surface area contributed by atoms with Crippen molar-refractivity contribution < 1.29 is 4.39 Å². The van der Waals surface area contributed by atoms with Gasteiger partial charge in [-0.2, -0.15) is 0 Å². The van der Waals surface area contributed by atoms with E-state index < -0.39 is 0 Å². The predicted molar refractivity (Wildman–Crippen MR) is 86.9 cm³/mol. The summed E-state index contributed by atoms with van der Waals surface area (Å²) < 4.78 is 14.1. The van der Waals surface area contributed by atoms with E-state index in [9.17, 15) is 4.39 Å². The molecule has 1 aliphatic rings. The zero-order chi connectivity index (χ0) is 15.1. The summed E-state index contributed by atoms with van der Waals surface area (Å²) in [5.41, 5.74) is 0.808. The molecule has 0 spiro atoms. The average Bonchev–Trinajstić information content (AvgIpc) is 2.69. The second-order valence-electron chi connectivity index (χ2n) is 6.22. The highest BCUT2D eigenvalue weighted by molar-refractivity contribution is 5.21. The lowest BCUT2D eigenvalue weighted by atomic mass is 10.0. The van der Waals surface area contributed by atoms with Crippen LogP contribution in [-0.4, -0.2) is 30.6 Å². The third-order valence-corrected chi connectivity index (χ3v) is 4.53. The molecule has 0 amide bonds. The number of benzene rings is 1. The number of likely N-dealkylation sites (tertiary alicyclic amines) is 1. The quantitative estimate of drug-likeness (QED) is 0.848. The normalized spacial score (nSPS) is 22.0. The van der Waals surface area contributed by atoms with Gasteiger partial charge in [-0.15, -0.1) is 0 Å². The molecule has 0 radical (unpaired) electrons. The van der Waals surface area contributed by atoms with Crippen LogP contribution in [0.5, 0.6) is 0 Å². The van der Waals surface area contributed by atoms with Crippen LogP contribution in [0.2, 0.25) is 0 Å². The standard InChI is InChI=1S/C18H29FN2/c1-3-12-20-18(16-10-6-7-11-17(16)19)14-21-13-8-4-5-9-15(21)2/h6-7,10-11,15,18,20H,3-5,8-9,12-14H2,1-2H3. The van der Waals surface area contributed by atoms with E-state index >= 15 is 0 Å². The van der Waals surface area contributed by atoms with E-state index in [4.69, 9.17) is 0 Å². The average molecular weight is 292 g/mol. The highest BCUT2D eigenvalue weighted by atomic mass is 19.1. The van der Waals surface area contributed by atoms with Crippen LogP contribution < -0.4 is 5.32 Å². The summed E-state index contributed by atoms with van der Waals surface area (Å²) in [5.74, 6) is -0.0893. The fourth-order valence-electron chi connectivity index (χ4n) is 3.19. The van der Waals surface area contributed by atoms with Crippen molar-refractivity contribution in [3.8, 4) is 0 Å². The van der Waals surface area contributed by atoms with Crippen molar-refractivity contribution in [2.75, 3.05) is 19.6 Å². The van der Waals surface area contributed by atoms with Gasteiger partial charge in [-0.05, 0) is 45.3 Å². The van der Waals surface area contributed by atoms with Crippen LogP contribution in [0.25, 0.3) is 0 Å². The molecular weight excluding hydrogens is 263 g/mol. The van der Waals surface area contributed by atoms with E-state index in [-0.39, 0.29) is 11.9 Å². The largest absolute Gasteiger partial charge is 0.309 e. The van der Waals surface area contributed by atoms with Crippen molar-refractivity contribution in [2.45, 2.75) is 58.0 Å². The molecule has 2 rings (SSSR count). The second-order valence-corrected chi connectivity index (χ2v) is 6.22. The number of nitrogens with zero attached hydrogens (tertiary/aromatic N) is 1. The Morgan fingerprint density at radius 3 is 2.86 bits per heavy atom. The first-order chi connectivity index (χ1) is 10.2. The van der Waals surface area contributed by atoms with Gasteiger partial charge >= 0.3 is 0 Å². The van der Waals surface area contributed by atoms with Gasteiger partial charge in [0.05, 0.1) is 0 Å². The molecule has 1 heterocycles. The highest BCUT2D eigenvalue weighted by Crippen LogP contribution is 2.22. The smallest absolute Gasteiger partial charge is 0.128 e. The van der Waals surface area contributed by atoms with Crippen molar-refractivity contribution in [2.24, 2.45) is 0 Å². The number of rotatable bonds is 6. The fraction of sp³-hybridized carbons (Fsp3) is 0.667. The highest BCUT2D eigenvalue weighted by Gasteiger charge is 2.22. The molecule has 0 aliphatic carbocycles. The van der Waals surface area contributed by atoms with Crippen LogP contribution in [0.15, 0.2) is 24.3 Å². The van der Waals surface area contributed by atoms with Crippen molar-refractivity contribution in [1.29, 1.82) is 0 Å². The molecule has 1 aromatic rings. The molecule has 118 valence electrons. The maximum absolute atomic E-state index is 14.1. The Bertz CT molecular complexity index is 421. The summed E-state index contributed by atoms with van der Waals surface area (Å²) >= 11 is 0. The number of hydrogen-bond acceptors (Lipinski definition) is 2. The fourth-order valence-corrected chi connectivity index (χ4v) is 3.19. The molecule has 21 heavy (non-hydrogen) atoms. The molecule has 1 fully saturated rings. The maximum atomic E-state index is 14.1. The van der Waals surface area contributed by atoms with Gasteiger partial charge in [0, 0.05) is 24.2 Å². The molecule has 1 saturated heterocycles. The van der Waals surface area contributed by atoms with Crippen molar-refractivity contribution in [1.82, 2.24) is 10.2 Å². The lowest BCUT2D eigenvalue weighted by Gasteiger charge is -2.32. The Kier molecular flexibility index (Phi) is 6.65. The van der Waals surface area contributed by atoms with Gasteiger partial charge in [-0.1, -0.05) is 38.0 Å². The van der Waals surface area contributed by atoms with Gasteiger partial charge in [0.2, 0.25) is 0 Å². The maximum Gasteiger partial charge on any atom is 0.128 e. The Balaban J connectivity index is 2.10. The van der Waals surface area contributed by atoms with Gasteiger partial charge < -0.3 is 5.32 Å². The minimum atomic E-state index is -0.0893. The SMILES string of the molecule is CCCNC(CN1CCCCCC1C)c1ccccc1F. The lowest BCUT2D eigenvalue weighted by Crippen LogP contribution is -2.40. The van der Waals surface area contributed by atoms with E-state index in [0.717, 1.165) is 31.6 Å². The van der Waals surface area contributed by atoms with Crippen LogP contribution in [0.4, 0.5) is 4.39 Å². The molecule has 3 heteroatoms. The van der Waals surface area contributed by atoms with Crippen LogP contribution in [0, 0.1) is 5.82 Å². The molecule has 1 aromatic carbocycles. The zero-order valence-corrected chi connectivity index (χ0v) is 13.4. The number of nitrogens with one attached hydrogen (secondary N) is 1. The number of hydrogen-bond donors (Lipinski definition) is 1. The molecule has 2 atom stereocenters. The summed E-state index contributed by atoms with van der Waals surface area (Å²) in [7, 11) is 0. The van der Waals surface area contributed by atoms with Gasteiger partial charge in [-0.3, -0.25) is 4.90 Å². The van der Waals surface area contributed by atoms with Gasteiger partial charge in [0.15, 0.2) is 0 Å². The Morgan fingerprint density at radius 1 is 1.29 bits per heavy atom. The second kappa shape index (κ2) is 8.50. The molecule has 2 nitrogen and oxygen atoms in total. The van der Waals surface area contributed by atoms with E-state index in [0.29, 0.717) is 6.04 Å². The summed E-state index contributed by atoms with van der Waals surface area (Å²) in [4.78, 5) is 2.53. The lowest BCUT2D eigenvalue weighted by molar-refractivity contribution is 0.189. The first-order valence-corrected chi connectivity index (χ1v) is 8.44. The monoisotopic (exact) mass is 292 g/mol. The molecule has 1 N–H and O–H groups in total. The van der Waals surface area contributed by atoms with Crippen LogP contribution in [-0.2, 0) is 0 Å². The van der Waals surface area contributed by atoms with E-state index in [1.165, 1.54) is 25.7 Å². The van der Waals surface area contributed by atoms with Crippen molar-refractivity contribution >= 4 is 0 Å². The molecule has 2 unspecified atom stereocenters. The molecule has 1 aliphatic heterocycles. The summed E-state index contributed by atoms with van der Waals surface area (Å²) in [5, 5.41) is 3.53. The minimum absolute atomic E-state index is 0.0893. The topological polar surface area (TPSA) is 15.3 Å². The Labute approximate surface area is 128 Å². The van der Waals surface area contributed by atoms with Gasteiger partial charge in [-0.25, -0.2) is 4.39 Å². The van der Waals surface area contributed by atoms with Gasteiger partial charge in [0.25, 0.3) is 0 Å². The number of halogens is 1. The molecule has 0 bridgehead atoms. The predicted octanol–water partition coefficient (Wildman–Crippen LogP) is 4.13. The first kappa shape index (κ1) is 16.4. The summed E-state index contributed by atoms with van der Waals surface area (Å²) in [6, 6.07) is 7.89. The third-order valence-electron chi connectivity index (χ3n) is 4.53. The van der Waals surface area contributed by atoms with Crippen molar-refractivity contribution in [3.63, 3.8) is 0 Å².